The van der Waals surface area contributed by atoms with Crippen molar-refractivity contribution in [1.29, 1.82) is 0 Å². The van der Waals surface area contributed by atoms with Gasteiger partial charge in [0.05, 0.1) is 6.04 Å². The lowest BCUT2D eigenvalue weighted by Crippen LogP contribution is -2.48. The lowest BCUT2D eigenvalue weighted by Gasteiger charge is -2.32. The van der Waals surface area contributed by atoms with Crippen LogP contribution in [0, 0.1) is 5.92 Å². The maximum Gasteiger partial charge on any atom is 0.240 e. The Bertz CT molecular complexity index is 434. The molecule has 1 aliphatic rings. The molecule has 118 valence electrons. The zero-order chi connectivity index (χ0) is 14.5. The van der Waals surface area contributed by atoms with Crippen LogP contribution in [0.15, 0.2) is 30.3 Å². The summed E-state index contributed by atoms with van der Waals surface area (Å²) in [6, 6.07) is 10.1. The van der Waals surface area contributed by atoms with E-state index in [9.17, 15) is 4.79 Å². The summed E-state index contributed by atoms with van der Waals surface area (Å²) in [7, 11) is 0. The van der Waals surface area contributed by atoms with Crippen molar-refractivity contribution in [1.82, 2.24) is 4.90 Å². The fourth-order valence-corrected chi connectivity index (χ4v) is 2.68. The first-order chi connectivity index (χ1) is 9.63. The third kappa shape index (κ3) is 5.01. The van der Waals surface area contributed by atoms with E-state index in [0.717, 1.165) is 12.8 Å². The molecule has 2 rings (SSSR count). The van der Waals surface area contributed by atoms with E-state index in [1.54, 1.807) is 0 Å². The van der Waals surface area contributed by atoms with Crippen LogP contribution in [-0.2, 0) is 11.3 Å². The fraction of sp³-hybridized carbons (Fsp3) is 0.588. The highest BCUT2D eigenvalue weighted by molar-refractivity contribution is 5.85. The molecule has 0 radical (unpaired) electrons. The molecule has 2 unspecified atom stereocenters. The summed E-state index contributed by atoms with van der Waals surface area (Å²) in [5.41, 5.74) is 7.23. The molecule has 2 N–H and O–H groups in total. The van der Waals surface area contributed by atoms with Crippen molar-refractivity contribution >= 4 is 18.3 Å². The van der Waals surface area contributed by atoms with Crippen molar-refractivity contribution in [2.75, 3.05) is 0 Å². The quantitative estimate of drug-likeness (QED) is 0.839. The van der Waals surface area contributed by atoms with Gasteiger partial charge in [-0.1, -0.05) is 43.7 Å². The number of halogens is 1. The minimum atomic E-state index is -0.357. The van der Waals surface area contributed by atoms with Crippen LogP contribution in [-0.4, -0.2) is 22.9 Å². The van der Waals surface area contributed by atoms with Gasteiger partial charge in [0.15, 0.2) is 0 Å². The minimum Gasteiger partial charge on any atom is -0.334 e. The fourth-order valence-electron chi connectivity index (χ4n) is 2.68. The average Bonchev–Trinajstić information content (AvgIpc) is 3.29. The molecule has 1 amide bonds. The van der Waals surface area contributed by atoms with E-state index in [2.05, 4.69) is 26.0 Å². The summed E-state index contributed by atoms with van der Waals surface area (Å²) in [4.78, 5) is 14.6. The van der Waals surface area contributed by atoms with Gasteiger partial charge >= 0.3 is 0 Å². The summed E-state index contributed by atoms with van der Waals surface area (Å²) in [6.45, 7) is 4.91. The molecule has 1 fully saturated rings. The molecule has 0 aromatic heterocycles. The molecule has 21 heavy (non-hydrogen) atoms. The SMILES string of the molecule is CCCC(N)C(=O)N(Cc1ccccc1)C(C)C1CC1.Cl. The number of nitrogens with zero attached hydrogens (tertiary/aromatic N) is 1. The monoisotopic (exact) mass is 310 g/mol. The Hall–Kier alpha value is -1.06. The molecule has 1 aliphatic carbocycles. The van der Waals surface area contributed by atoms with Crippen molar-refractivity contribution in [3.63, 3.8) is 0 Å². The summed E-state index contributed by atoms with van der Waals surface area (Å²) in [6.07, 6.45) is 4.19. The van der Waals surface area contributed by atoms with Gasteiger partial charge in [-0.05, 0) is 37.7 Å². The van der Waals surface area contributed by atoms with Crippen molar-refractivity contribution in [2.45, 2.75) is 58.2 Å². The number of hydrogen-bond acceptors (Lipinski definition) is 2. The Balaban J connectivity index is 0.00000220. The molecular formula is C17H27ClN2O. The van der Waals surface area contributed by atoms with Crippen LogP contribution in [0.2, 0.25) is 0 Å². The van der Waals surface area contributed by atoms with E-state index in [-0.39, 0.29) is 24.4 Å². The highest BCUT2D eigenvalue weighted by atomic mass is 35.5. The van der Waals surface area contributed by atoms with Crippen LogP contribution in [0.5, 0.6) is 0 Å². The summed E-state index contributed by atoms with van der Waals surface area (Å²) in [5.74, 6) is 0.770. The van der Waals surface area contributed by atoms with E-state index >= 15 is 0 Å². The van der Waals surface area contributed by atoms with Gasteiger partial charge in [-0.3, -0.25) is 4.79 Å². The highest BCUT2D eigenvalue weighted by Gasteiger charge is 2.35. The lowest BCUT2D eigenvalue weighted by atomic mass is 10.1. The van der Waals surface area contributed by atoms with Gasteiger partial charge in [0.25, 0.3) is 0 Å². The van der Waals surface area contributed by atoms with Crippen LogP contribution >= 0.6 is 12.4 Å². The Kier molecular flexibility index (Phi) is 7.20. The molecule has 0 heterocycles. The standard InChI is InChI=1S/C17H26N2O.ClH/c1-3-7-16(18)17(20)19(13(2)15-10-11-15)12-14-8-5-4-6-9-14;/h4-6,8-9,13,15-16H,3,7,10-12,18H2,1-2H3;1H. The predicted octanol–water partition coefficient (Wildman–Crippen LogP) is 3.36. The molecule has 2 atom stereocenters. The maximum absolute atomic E-state index is 12.6. The minimum absolute atomic E-state index is 0. The van der Waals surface area contributed by atoms with Gasteiger partial charge in [-0.15, -0.1) is 12.4 Å². The molecule has 0 aliphatic heterocycles. The van der Waals surface area contributed by atoms with E-state index < -0.39 is 0 Å². The van der Waals surface area contributed by atoms with Crippen LogP contribution in [0.25, 0.3) is 0 Å². The van der Waals surface area contributed by atoms with Gasteiger partial charge < -0.3 is 10.6 Å². The second-order valence-electron chi connectivity index (χ2n) is 5.92. The third-order valence-corrected chi connectivity index (χ3v) is 4.19. The molecule has 1 aromatic rings. The number of nitrogens with two attached hydrogens (primary N) is 1. The van der Waals surface area contributed by atoms with Gasteiger partial charge in [0.2, 0.25) is 5.91 Å². The van der Waals surface area contributed by atoms with Gasteiger partial charge in [-0.25, -0.2) is 0 Å². The maximum atomic E-state index is 12.6. The van der Waals surface area contributed by atoms with E-state index in [0.29, 0.717) is 18.5 Å². The molecule has 0 bridgehead atoms. The topological polar surface area (TPSA) is 46.3 Å². The number of amides is 1. The first-order valence-corrected chi connectivity index (χ1v) is 7.73. The van der Waals surface area contributed by atoms with Crippen molar-refractivity contribution in [2.24, 2.45) is 11.7 Å². The van der Waals surface area contributed by atoms with Gasteiger partial charge in [0.1, 0.15) is 0 Å². The predicted molar refractivity (Wildman–Crippen MR) is 89.3 cm³/mol. The Morgan fingerprint density at radius 3 is 2.48 bits per heavy atom. The molecule has 0 saturated heterocycles. The van der Waals surface area contributed by atoms with Crippen molar-refractivity contribution < 1.29 is 4.79 Å². The van der Waals surface area contributed by atoms with Crippen LogP contribution < -0.4 is 5.73 Å². The number of rotatable bonds is 7. The van der Waals surface area contributed by atoms with E-state index in [1.807, 2.05) is 23.1 Å². The average molecular weight is 311 g/mol. The molecule has 4 heteroatoms. The molecule has 1 saturated carbocycles. The van der Waals surface area contributed by atoms with Crippen LogP contribution in [0.3, 0.4) is 0 Å². The number of carbonyl (C=O) groups is 1. The molecule has 0 spiro atoms. The first kappa shape index (κ1) is 18.0. The van der Waals surface area contributed by atoms with E-state index in [4.69, 9.17) is 5.73 Å². The number of benzene rings is 1. The highest BCUT2D eigenvalue weighted by Crippen LogP contribution is 2.36. The summed E-state index contributed by atoms with van der Waals surface area (Å²) in [5, 5.41) is 0. The van der Waals surface area contributed by atoms with E-state index in [1.165, 1.54) is 18.4 Å². The first-order valence-electron chi connectivity index (χ1n) is 7.73. The van der Waals surface area contributed by atoms with Crippen molar-refractivity contribution in [3.8, 4) is 0 Å². The lowest BCUT2D eigenvalue weighted by molar-refractivity contribution is -0.136. The zero-order valence-electron chi connectivity index (χ0n) is 13.0. The normalized spacial score (nSPS) is 16.7. The second kappa shape index (κ2) is 8.40. The molecular weight excluding hydrogens is 284 g/mol. The Labute approximate surface area is 134 Å². The van der Waals surface area contributed by atoms with Crippen LogP contribution in [0.1, 0.15) is 45.1 Å². The summed E-state index contributed by atoms with van der Waals surface area (Å²) < 4.78 is 0. The Morgan fingerprint density at radius 2 is 1.95 bits per heavy atom. The Morgan fingerprint density at radius 1 is 1.33 bits per heavy atom. The smallest absolute Gasteiger partial charge is 0.240 e. The van der Waals surface area contributed by atoms with Crippen LogP contribution in [0.4, 0.5) is 0 Å². The third-order valence-electron chi connectivity index (χ3n) is 4.19. The van der Waals surface area contributed by atoms with Gasteiger partial charge in [-0.2, -0.15) is 0 Å². The number of carbonyl (C=O) groups excluding carboxylic acids is 1. The zero-order valence-corrected chi connectivity index (χ0v) is 13.8. The molecule has 1 aromatic carbocycles. The number of hydrogen-bond donors (Lipinski definition) is 1. The van der Waals surface area contributed by atoms with Crippen molar-refractivity contribution in [3.05, 3.63) is 35.9 Å². The second-order valence-corrected chi connectivity index (χ2v) is 5.92. The van der Waals surface area contributed by atoms with Gasteiger partial charge in [0, 0.05) is 12.6 Å². The largest absolute Gasteiger partial charge is 0.334 e. The molecule has 3 nitrogen and oxygen atoms in total. The summed E-state index contributed by atoms with van der Waals surface area (Å²) >= 11 is 0.